The van der Waals surface area contributed by atoms with Crippen LogP contribution >= 0.6 is 11.6 Å². The van der Waals surface area contributed by atoms with Crippen molar-refractivity contribution in [2.45, 2.75) is 25.8 Å². The van der Waals surface area contributed by atoms with Crippen LogP contribution in [-0.2, 0) is 6.42 Å². The van der Waals surface area contributed by atoms with Gasteiger partial charge >= 0.3 is 0 Å². The summed E-state index contributed by atoms with van der Waals surface area (Å²) in [6.07, 6.45) is 1.47. The summed E-state index contributed by atoms with van der Waals surface area (Å²) in [5.41, 5.74) is 1.55. The van der Waals surface area contributed by atoms with Gasteiger partial charge in [0.05, 0.1) is 0 Å². The van der Waals surface area contributed by atoms with E-state index in [2.05, 4.69) is 12.2 Å². The molecule has 0 spiro atoms. The SMILES string of the molecule is CCCNC(Cc1cc(F)ccc1Cl)c1cccc(F)c1. The molecule has 1 atom stereocenters. The molecule has 1 N–H and O–H groups in total. The topological polar surface area (TPSA) is 12.0 Å². The van der Waals surface area contributed by atoms with Crippen LogP contribution < -0.4 is 5.32 Å². The van der Waals surface area contributed by atoms with Gasteiger partial charge < -0.3 is 5.32 Å². The summed E-state index contributed by atoms with van der Waals surface area (Å²) in [4.78, 5) is 0. The van der Waals surface area contributed by atoms with E-state index >= 15 is 0 Å². The number of hydrogen-bond acceptors (Lipinski definition) is 1. The van der Waals surface area contributed by atoms with E-state index in [1.165, 1.54) is 24.3 Å². The normalized spacial score (nSPS) is 12.4. The summed E-state index contributed by atoms with van der Waals surface area (Å²) in [5, 5.41) is 3.88. The lowest BCUT2D eigenvalue weighted by Crippen LogP contribution is -2.24. The summed E-state index contributed by atoms with van der Waals surface area (Å²) >= 11 is 6.12. The van der Waals surface area contributed by atoms with Gasteiger partial charge in [-0.05, 0) is 60.8 Å². The second-order valence-corrected chi connectivity index (χ2v) is 5.41. The van der Waals surface area contributed by atoms with Gasteiger partial charge in [-0.2, -0.15) is 0 Å². The largest absolute Gasteiger partial charge is 0.310 e. The van der Waals surface area contributed by atoms with Gasteiger partial charge in [0.2, 0.25) is 0 Å². The number of halogens is 3. The van der Waals surface area contributed by atoms with Crippen LogP contribution in [0.3, 0.4) is 0 Å². The van der Waals surface area contributed by atoms with E-state index < -0.39 is 0 Å². The van der Waals surface area contributed by atoms with Crippen LogP contribution in [0.5, 0.6) is 0 Å². The lowest BCUT2D eigenvalue weighted by molar-refractivity contribution is 0.522. The lowest BCUT2D eigenvalue weighted by Gasteiger charge is -2.20. The van der Waals surface area contributed by atoms with Gasteiger partial charge in [-0.3, -0.25) is 0 Å². The van der Waals surface area contributed by atoms with Gasteiger partial charge in [0.15, 0.2) is 0 Å². The number of benzene rings is 2. The van der Waals surface area contributed by atoms with E-state index in [1.807, 2.05) is 6.07 Å². The molecule has 2 aromatic rings. The van der Waals surface area contributed by atoms with Gasteiger partial charge in [-0.15, -0.1) is 0 Å². The predicted octanol–water partition coefficient (Wildman–Crippen LogP) is 4.90. The molecule has 112 valence electrons. The summed E-state index contributed by atoms with van der Waals surface area (Å²) in [6, 6.07) is 10.7. The van der Waals surface area contributed by atoms with Gasteiger partial charge in [-0.25, -0.2) is 8.78 Å². The Morgan fingerprint density at radius 1 is 1.10 bits per heavy atom. The Hall–Kier alpha value is -1.45. The van der Waals surface area contributed by atoms with Crippen molar-refractivity contribution >= 4 is 11.6 Å². The fraction of sp³-hybridized carbons (Fsp3) is 0.294. The Morgan fingerprint density at radius 3 is 2.57 bits per heavy atom. The molecule has 1 unspecified atom stereocenters. The molecule has 0 bridgehead atoms. The predicted molar refractivity (Wildman–Crippen MR) is 82.5 cm³/mol. The fourth-order valence-electron chi connectivity index (χ4n) is 2.27. The first-order valence-electron chi connectivity index (χ1n) is 7.03. The fourth-order valence-corrected chi connectivity index (χ4v) is 2.46. The molecular weight excluding hydrogens is 292 g/mol. The van der Waals surface area contributed by atoms with Gasteiger partial charge in [0.1, 0.15) is 11.6 Å². The van der Waals surface area contributed by atoms with E-state index in [9.17, 15) is 8.78 Å². The van der Waals surface area contributed by atoms with E-state index in [1.54, 1.807) is 12.1 Å². The molecule has 2 rings (SSSR count). The van der Waals surface area contributed by atoms with Crippen LogP contribution in [0.25, 0.3) is 0 Å². The number of rotatable bonds is 6. The van der Waals surface area contributed by atoms with Crippen molar-refractivity contribution in [2.75, 3.05) is 6.54 Å². The second-order valence-electron chi connectivity index (χ2n) is 5.00. The third-order valence-corrected chi connectivity index (χ3v) is 3.69. The minimum absolute atomic E-state index is 0.0973. The highest BCUT2D eigenvalue weighted by Crippen LogP contribution is 2.25. The Bertz CT molecular complexity index is 601. The number of nitrogens with one attached hydrogen (secondary N) is 1. The lowest BCUT2D eigenvalue weighted by atomic mass is 9.98. The van der Waals surface area contributed by atoms with Crippen LogP contribution in [0.1, 0.15) is 30.5 Å². The molecule has 0 fully saturated rings. The molecule has 0 saturated heterocycles. The quantitative estimate of drug-likeness (QED) is 0.800. The Morgan fingerprint density at radius 2 is 1.86 bits per heavy atom. The van der Waals surface area contributed by atoms with Crippen molar-refractivity contribution in [1.29, 1.82) is 0 Å². The molecule has 0 heterocycles. The summed E-state index contributed by atoms with van der Waals surface area (Å²) in [6.45, 7) is 2.86. The Labute approximate surface area is 128 Å². The third kappa shape index (κ3) is 4.51. The van der Waals surface area contributed by atoms with Crippen molar-refractivity contribution in [3.63, 3.8) is 0 Å². The van der Waals surface area contributed by atoms with Gasteiger partial charge in [0, 0.05) is 11.1 Å². The monoisotopic (exact) mass is 309 g/mol. The maximum absolute atomic E-state index is 13.4. The average Bonchev–Trinajstić information content (AvgIpc) is 2.47. The molecule has 21 heavy (non-hydrogen) atoms. The highest BCUT2D eigenvalue weighted by Gasteiger charge is 2.14. The number of hydrogen-bond donors (Lipinski definition) is 1. The average molecular weight is 310 g/mol. The second kappa shape index (κ2) is 7.53. The highest BCUT2D eigenvalue weighted by molar-refractivity contribution is 6.31. The molecule has 0 aliphatic rings. The Kier molecular flexibility index (Phi) is 5.71. The zero-order valence-electron chi connectivity index (χ0n) is 11.9. The molecular formula is C17H18ClF2N. The molecule has 0 aliphatic heterocycles. The maximum atomic E-state index is 13.4. The molecule has 0 radical (unpaired) electrons. The van der Waals surface area contributed by atoms with Gasteiger partial charge in [0.25, 0.3) is 0 Å². The van der Waals surface area contributed by atoms with Crippen molar-refractivity contribution in [2.24, 2.45) is 0 Å². The minimum atomic E-state index is -0.317. The van der Waals surface area contributed by atoms with Crippen molar-refractivity contribution in [1.82, 2.24) is 5.32 Å². The zero-order chi connectivity index (χ0) is 15.2. The molecule has 0 aliphatic carbocycles. The summed E-state index contributed by atoms with van der Waals surface area (Å²) in [5.74, 6) is -0.593. The van der Waals surface area contributed by atoms with Crippen LogP contribution in [0, 0.1) is 11.6 Å². The van der Waals surface area contributed by atoms with Gasteiger partial charge in [-0.1, -0.05) is 30.7 Å². The smallest absolute Gasteiger partial charge is 0.123 e. The molecule has 2 aromatic carbocycles. The van der Waals surface area contributed by atoms with Crippen LogP contribution in [0.4, 0.5) is 8.78 Å². The molecule has 0 aromatic heterocycles. The van der Waals surface area contributed by atoms with E-state index in [-0.39, 0.29) is 17.7 Å². The minimum Gasteiger partial charge on any atom is -0.310 e. The molecule has 0 amide bonds. The van der Waals surface area contributed by atoms with Crippen molar-refractivity contribution in [3.05, 3.63) is 70.2 Å². The van der Waals surface area contributed by atoms with E-state index in [0.29, 0.717) is 11.4 Å². The summed E-state index contributed by atoms with van der Waals surface area (Å²) < 4.78 is 26.8. The van der Waals surface area contributed by atoms with E-state index in [4.69, 9.17) is 11.6 Å². The first-order chi connectivity index (χ1) is 10.1. The maximum Gasteiger partial charge on any atom is 0.123 e. The third-order valence-electron chi connectivity index (χ3n) is 3.32. The van der Waals surface area contributed by atoms with Crippen LogP contribution in [-0.4, -0.2) is 6.54 Å². The van der Waals surface area contributed by atoms with Crippen LogP contribution in [0.15, 0.2) is 42.5 Å². The highest BCUT2D eigenvalue weighted by atomic mass is 35.5. The Balaban J connectivity index is 2.25. The zero-order valence-corrected chi connectivity index (χ0v) is 12.6. The molecule has 1 nitrogen and oxygen atoms in total. The van der Waals surface area contributed by atoms with Crippen molar-refractivity contribution in [3.8, 4) is 0 Å². The molecule has 4 heteroatoms. The molecule has 0 saturated carbocycles. The van der Waals surface area contributed by atoms with Crippen LogP contribution in [0.2, 0.25) is 5.02 Å². The summed E-state index contributed by atoms with van der Waals surface area (Å²) in [7, 11) is 0. The van der Waals surface area contributed by atoms with Crippen molar-refractivity contribution < 1.29 is 8.78 Å². The standard InChI is InChI=1S/C17H18ClF2N/c1-2-8-21-17(12-4-3-5-14(19)9-12)11-13-10-15(20)6-7-16(13)18/h3-7,9-10,17,21H,2,8,11H2,1H3. The van der Waals surface area contributed by atoms with E-state index in [0.717, 1.165) is 24.1 Å². The first-order valence-corrected chi connectivity index (χ1v) is 7.40. The first kappa shape index (κ1) is 15.9.